The number of amides is 1. The van der Waals surface area contributed by atoms with Crippen molar-refractivity contribution in [3.63, 3.8) is 0 Å². The molecule has 0 radical (unpaired) electrons. The van der Waals surface area contributed by atoms with Crippen molar-refractivity contribution in [2.45, 2.75) is 10.6 Å². The topological polar surface area (TPSA) is 81.5 Å². The van der Waals surface area contributed by atoms with Crippen LogP contribution in [0.5, 0.6) is 0 Å². The molecule has 0 unspecified atom stereocenters. The van der Waals surface area contributed by atoms with Gasteiger partial charge in [-0.3, -0.25) is 15.4 Å². The lowest BCUT2D eigenvalue weighted by molar-refractivity contribution is -0.385. The van der Waals surface area contributed by atoms with Crippen molar-refractivity contribution in [3.05, 3.63) is 64.2 Å². The fraction of sp³-hybridized carbons (Fsp3) is 0.133. The van der Waals surface area contributed by atoms with Crippen LogP contribution in [0.2, 0.25) is 0 Å². The third-order valence-electron chi connectivity index (χ3n) is 2.84. The molecule has 22 heavy (non-hydrogen) atoms. The largest absolute Gasteiger partial charge is 0.453 e. The summed E-state index contributed by atoms with van der Waals surface area (Å²) in [5, 5.41) is 13.5. The van der Waals surface area contributed by atoms with Crippen molar-refractivity contribution in [2.75, 3.05) is 12.4 Å². The normalized spacial score (nSPS) is 10.0. The lowest BCUT2D eigenvalue weighted by Crippen LogP contribution is -2.11. The smallest absolute Gasteiger partial charge is 0.411 e. The number of carbonyl (C=O) groups is 1. The quantitative estimate of drug-likeness (QED) is 0.510. The van der Waals surface area contributed by atoms with Crippen LogP contribution in [-0.2, 0) is 10.5 Å². The number of methoxy groups -OCH3 is 1. The van der Waals surface area contributed by atoms with Crippen molar-refractivity contribution >= 4 is 29.2 Å². The number of ether oxygens (including phenoxy) is 1. The molecule has 2 aromatic rings. The molecule has 6 nitrogen and oxygen atoms in total. The number of rotatable bonds is 5. The number of hydrogen-bond acceptors (Lipinski definition) is 5. The zero-order valence-corrected chi connectivity index (χ0v) is 12.6. The summed E-state index contributed by atoms with van der Waals surface area (Å²) >= 11 is 1.41. The summed E-state index contributed by atoms with van der Waals surface area (Å²) < 4.78 is 4.56. The lowest BCUT2D eigenvalue weighted by atomic mass is 10.2. The highest BCUT2D eigenvalue weighted by Crippen LogP contribution is 2.33. The zero-order valence-electron chi connectivity index (χ0n) is 11.8. The molecule has 0 aliphatic carbocycles. The van der Waals surface area contributed by atoms with E-state index < -0.39 is 11.0 Å². The summed E-state index contributed by atoms with van der Waals surface area (Å²) in [7, 11) is 1.26. The maximum atomic E-state index is 11.4. The van der Waals surface area contributed by atoms with Gasteiger partial charge in [0.15, 0.2) is 0 Å². The number of nitro groups is 1. The van der Waals surface area contributed by atoms with E-state index in [0.717, 1.165) is 5.56 Å². The van der Waals surface area contributed by atoms with Gasteiger partial charge in [-0.25, -0.2) is 4.79 Å². The van der Waals surface area contributed by atoms with Crippen molar-refractivity contribution in [2.24, 2.45) is 0 Å². The van der Waals surface area contributed by atoms with Crippen LogP contribution in [0.25, 0.3) is 0 Å². The number of anilines is 1. The molecule has 7 heteroatoms. The fourth-order valence-electron chi connectivity index (χ4n) is 1.74. The Morgan fingerprint density at radius 3 is 2.64 bits per heavy atom. The van der Waals surface area contributed by atoms with Crippen LogP contribution in [0.15, 0.2) is 53.4 Å². The van der Waals surface area contributed by atoms with Crippen LogP contribution in [0, 0.1) is 10.1 Å². The molecule has 2 rings (SSSR count). The van der Waals surface area contributed by atoms with E-state index in [0.29, 0.717) is 16.3 Å². The molecule has 1 N–H and O–H groups in total. The van der Waals surface area contributed by atoms with Gasteiger partial charge in [-0.1, -0.05) is 30.3 Å². The molecule has 0 aliphatic heterocycles. The molecular weight excluding hydrogens is 304 g/mol. The summed E-state index contributed by atoms with van der Waals surface area (Å²) in [6, 6.07) is 14.0. The average molecular weight is 318 g/mol. The molecule has 0 spiro atoms. The molecule has 1 amide bonds. The van der Waals surface area contributed by atoms with E-state index >= 15 is 0 Å². The van der Waals surface area contributed by atoms with Crippen molar-refractivity contribution < 1.29 is 14.5 Å². The summed E-state index contributed by atoms with van der Waals surface area (Å²) in [4.78, 5) is 22.4. The Balaban J connectivity index is 2.22. The Kier molecular flexibility index (Phi) is 5.37. The number of nitro benzene ring substituents is 1. The molecule has 114 valence electrons. The van der Waals surface area contributed by atoms with E-state index in [1.807, 2.05) is 30.3 Å². The number of carbonyl (C=O) groups excluding carboxylic acids is 1. The Morgan fingerprint density at radius 1 is 1.27 bits per heavy atom. The SMILES string of the molecule is COC(=O)Nc1ccc([N+](=O)[O-])cc1SCc1ccccc1. The molecule has 0 fully saturated rings. The Bertz CT molecular complexity index is 676. The standard InChI is InChI=1S/C15H14N2O4S/c1-21-15(18)16-13-8-7-12(17(19)20)9-14(13)22-10-11-5-3-2-4-6-11/h2-9H,10H2,1H3,(H,16,18). The first-order valence-corrected chi connectivity index (χ1v) is 7.39. The monoisotopic (exact) mass is 318 g/mol. The van der Waals surface area contributed by atoms with E-state index in [-0.39, 0.29) is 5.69 Å². The summed E-state index contributed by atoms with van der Waals surface area (Å²) in [5.74, 6) is 0.637. The number of non-ortho nitro benzene ring substituents is 1. The third kappa shape index (κ3) is 4.23. The van der Waals surface area contributed by atoms with Crippen LogP contribution in [0.3, 0.4) is 0 Å². The minimum Gasteiger partial charge on any atom is -0.453 e. The molecule has 0 atom stereocenters. The minimum atomic E-state index is -0.615. The average Bonchev–Trinajstić information content (AvgIpc) is 2.54. The first-order valence-electron chi connectivity index (χ1n) is 6.40. The van der Waals surface area contributed by atoms with Crippen LogP contribution in [-0.4, -0.2) is 18.1 Å². The van der Waals surface area contributed by atoms with Gasteiger partial charge in [0, 0.05) is 22.8 Å². The predicted molar refractivity (Wildman–Crippen MR) is 85.1 cm³/mol. The van der Waals surface area contributed by atoms with E-state index in [1.165, 1.54) is 37.1 Å². The summed E-state index contributed by atoms with van der Waals surface area (Å²) in [5.41, 5.74) is 1.55. The molecule has 0 aromatic heterocycles. The lowest BCUT2D eigenvalue weighted by Gasteiger charge is -2.10. The van der Waals surface area contributed by atoms with E-state index in [2.05, 4.69) is 10.1 Å². The first-order chi connectivity index (χ1) is 10.6. The Labute approximate surface area is 131 Å². The van der Waals surface area contributed by atoms with Gasteiger partial charge >= 0.3 is 6.09 Å². The van der Waals surface area contributed by atoms with Crippen LogP contribution < -0.4 is 5.32 Å². The summed E-state index contributed by atoms with van der Waals surface area (Å²) in [6.45, 7) is 0. The van der Waals surface area contributed by atoms with Gasteiger partial charge in [-0.15, -0.1) is 11.8 Å². The predicted octanol–water partition coefficient (Wildman–Crippen LogP) is 4.07. The molecule has 0 saturated carbocycles. The second-order valence-corrected chi connectivity index (χ2v) is 5.35. The van der Waals surface area contributed by atoms with Gasteiger partial charge in [-0.05, 0) is 11.6 Å². The maximum absolute atomic E-state index is 11.4. The first kappa shape index (κ1) is 15.8. The highest BCUT2D eigenvalue weighted by Gasteiger charge is 2.13. The zero-order chi connectivity index (χ0) is 15.9. The molecule has 0 bridgehead atoms. The number of benzene rings is 2. The number of thioether (sulfide) groups is 1. The van der Waals surface area contributed by atoms with Crippen LogP contribution >= 0.6 is 11.8 Å². The maximum Gasteiger partial charge on any atom is 0.411 e. The number of nitrogens with one attached hydrogen (secondary N) is 1. The van der Waals surface area contributed by atoms with Gasteiger partial charge in [0.25, 0.3) is 5.69 Å². The summed E-state index contributed by atoms with van der Waals surface area (Å²) in [6.07, 6.45) is -0.615. The van der Waals surface area contributed by atoms with E-state index in [9.17, 15) is 14.9 Å². The number of hydrogen-bond donors (Lipinski definition) is 1. The van der Waals surface area contributed by atoms with Gasteiger partial charge in [-0.2, -0.15) is 0 Å². The fourth-order valence-corrected chi connectivity index (χ4v) is 2.74. The molecular formula is C15H14N2O4S. The van der Waals surface area contributed by atoms with Crippen molar-refractivity contribution in [1.82, 2.24) is 0 Å². The molecule has 0 heterocycles. The third-order valence-corrected chi connectivity index (χ3v) is 3.96. The van der Waals surface area contributed by atoms with Gasteiger partial charge < -0.3 is 4.74 Å². The van der Waals surface area contributed by atoms with Crippen LogP contribution in [0.4, 0.5) is 16.2 Å². The van der Waals surface area contributed by atoms with Gasteiger partial charge in [0.2, 0.25) is 0 Å². The second-order valence-electron chi connectivity index (χ2n) is 4.33. The molecule has 2 aromatic carbocycles. The van der Waals surface area contributed by atoms with Gasteiger partial charge in [0.1, 0.15) is 0 Å². The van der Waals surface area contributed by atoms with Crippen molar-refractivity contribution in [3.8, 4) is 0 Å². The molecule has 0 saturated heterocycles. The highest BCUT2D eigenvalue weighted by molar-refractivity contribution is 7.98. The Hall–Kier alpha value is -2.54. The number of nitrogens with zero attached hydrogens (tertiary/aromatic N) is 1. The van der Waals surface area contributed by atoms with Crippen LogP contribution in [0.1, 0.15) is 5.56 Å². The minimum absolute atomic E-state index is 0.0222. The van der Waals surface area contributed by atoms with Gasteiger partial charge in [0.05, 0.1) is 17.7 Å². The second kappa shape index (κ2) is 7.46. The Morgan fingerprint density at radius 2 is 2.00 bits per heavy atom. The molecule has 0 aliphatic rings. The van der Waals surface area contributed by atoms with E-state index in [1.54, 1.807) is 0 Å². The van der Waals surface area contributed by atoms with E-state index in [4.69, 9.17) is 0 Å². The highest BCUT2D eigenvalue weighted by atomic mass is 32.2. The van der Waals surface area contributed by atoms with Crippen molar-refractivity contribution in [1.29, 1.82) is 0 Å².